The number of methoxy groups -OCH3 is 2. The summed E-state index contributed by atoms with van der Waals surface area (Å²) in [5, 5.41) is 3.26. The zero-order valence-electron chi connectivity index (χ0n) is 10.6. The highest BCUT2D eigenvalue weighted by atomic mass is 16.5. The summed E-state index contributed by atoms with van der Waals surface area (Å²) in [4.78, 5) is 6.65. The Morgan fingerprint density at radius 1 is 1.41 bits per heavy atom. The van der Waals surface area contributed by atoms with Gasteiger partial charge in [-0.05, 0) is 7.05 Å². The molecule has 17 heavy (non-hydrogen) atoms. The molecule has 1 fully saturated rings. The summed E-state index contributed by atoms with van der Waals surface area (Å²) in [6.07, 6.45) is 1.75. The van der Waals surface area contributed by atoms with E-state index in [-0.39, 0.29) is 0 Å². The summed E-state index contributed by atoms with van der Waals surface area (Å²) in [6, 6.07) is 2.40. The van der Waals surface area contributed by atoms with E-state index in [4.69, 9.17) is 9.47 Å². The summed E-state index contributed by atoms with van der Waals surface area (Å²) in [6.45, 7) is 2.86. The van der Waals surface area contributed by atoms with Crippen molar-refractivity contribution in [2.75, 3.05) is 34.4 Å². The maximum atomic E-state index is 5.37. The molecule has 0 bridgehead atoms. The summed E-state index contributed by atoms with van der Waals surface area (Å²) in [5.41, 5.74) is 0.918. The van der Waals surface area contributed by atoms with Crippen molar-refractivity contribution in [1.82, 2.24) is 15.2 Å². The van der Waals surface area contributed by atoms with Crippen LogP contribution in [0.15, 0.2) is 12.3 Å². The summed E-state index contributed by atoms with van der Waals surface area (Å²) in [5.74, 6) is 1.46. The van der Waals surface area contributed by atoms with Gasteiger partial charge in [0, 0.05) is 37.9 Å². The first-order valence-electron chi connectivity index (χ1n) is 5.73. The Morgan fingerprint density at radius 2 is 2.18 bits per heavy atom. The maximum absolute atomic E-state index is 5.37. The van der Waals surface area contributed by atoms with Crippen LogP contribution in [0.25, 0.3) is 0 Å². The Bertz CT molecular complexity index is 380. The Hall–Kier alpha value is -1.33. The number of pyridine rings is 1. The monoisotopic (exact) mass is 237 g/mol. The van der Waals surface area contributed by atoms with E-state index in [0.717, 1.165) is 36.8 Å². The van der Waals surface area contributed by atoms with E-state index in [1.807, 2.05) is 6.07 Å². The number of nitrogens with one attached hydrogen (secondary N) is 1. The van der Waals surface area contributed by atoms with Crippen molar-refractivity contribution in [2.45, 2.75) is 12.6 Å². The van der Waals surface area contributed by atoms with Crippen molar-refractivity contribution in [3.8, 4) is 11.5 Å². The predicted octanol–water partition coefficient (Wildman–Crippen LogP) is 0.502. The van der Waals surface area contributed by atoms with E-state index in [0.29, 0.717) is 6.04 Å². The van der Waals surface area contributed by atoms with Gasteiger partial charge in [0.15, 0.2) is 11.5 Å². The molecule has 0 aliphatic carbocycles. The minimum absolute atomic E-state index is 0.590. The highest BCUT2D eigenvalue weighted by Gasteiger charge is 2.23. The van der Waals surface area contributed by atoms with Gasteiger partial charge < -0.3 is 14.8 Å². The van der Waals surface area contributed by atoms with Crippen molar-refractivity contribution in [3.63, 3.8) is 0 Å². The van der Waals surface area contributed by atoms with E-state index in [2.05, 4.69) is 22.2 Å². The molecule has 5 nitrogen and oxygen atoms in total. The lowest BCUT2D eigenvalue weighted by Gasteiger charge is -2.35. The molecule has 2 rings (SSSR count). The number of aromatic nitrogens is 1. The van der Waals surface area contributed by atoms with Gasteiger partial charge >= 0.3 is 0 Å². The van der Waals surface area contributed by atoms with Crippen LogP contribution >= 0.6 is 0 Å². The highest BCUT2D eigenvalue weighted by Crippen LogP contribution is 2.29. The van der Waals surface area contributed by atoms with Crippen molar-refractivity contribution in [1.29, 1.82) is 0 Å². The molecule has 0 saturated carbocycles. The number of rotatable bonds is 5. The SMILES string of the molecule is COc1ccnc(CN(C)C2CNC2)c1OC. The normalized spacial score (nSPS) is 15.8. The Labute approximate surface area is 102 Å². The highest BCUT2D eigenvalue weighted by molar-refractivity contribution is 5.42. The van der Waals surface area contributed by atoms with E-state index < -0.39 is 0 Å². The second-order valence-electron chi connectivity index (χ2n) is 4.22. The molecule has 0 unspecified atom stereocenters. The van der Waals surface area contributed by atoms with Crippen LogP contribution in [0.3, 0.4) is 0 Å². The second-order valence-corrected chi connectivity index (χ2v) is 4.22. The van der Waals surface area contributed by atoms with Gasteiger partial charge in [-0.2, -0.15) is 0 Å². The van der Waals surface area contributed by atoms with Crippen LogP contribution in [0.1, 0.15) is 5.69 Å². The minimum atomic E-state index is 0.590. The lowest BCUT2D eigenvalue weighted by atomic mass is 10.1. The smallest absolute Gasteiger partial charge is 0.183 e. The quantitative estimate of drug-likeness (QED) is 0.808. The average Bonchev–Trinajstić information content (AvgIpc) is 2.26. The molecule has 1 aliphatic heterocycles. The first kappa shape index (κ1) is 12.1. The zero-order chi connectivity index (χ0) is 12.3. The fourth-order valence-corrected chi connectivity index (χ4v) is 1.91. The van der Waals surface area contributed by atoms with Gasteiger partial charge in [-0.15, -0.1) is 0 Å². The third-order valence-corrected chi connectivity index (χ3v) is 3.15. The molecule has 0 spiro atoms. The lowest BCUT2D eigenvalue weighted by molar-refractivity contribution is 0.169. The van der Waals surface area contributed by atoms with Gasteiger partial charge in [-0.25, -0.2) is 0 Å². The summed E-state index contributed by atoms with van der Waals surface area (Å²) >= 11 is 0. The Kier molecular flexibility index (Phi) is 3.81. The molecule has 0 atom stereocenters. The molecule has 2 heterocycles. The van der Waals surface area contributed by atoms with Gasteiger partial charge in [-0.1, -0.05) is 0 Å². The molecule has 1 aliphatic rings. The number of likely N-dealkylation sites (N-methyl/N-ethyl adjacent to an activating group) is 1. The summed E-state index contributed by atoms with van der Waals surface area (Å²) in [7, 11) is 5.39. The largest absolute Gasteiger partial charge is 0.493 e. The molecular weight excluding hydrogens is 218 g/mol. The van der Waals surface area contributed by atoms with Gasteiger partial charge in [0.1, 0.15) is 5.69 Å². The third kappa shape index (κ3) is 2.50. The molecule has 1 aromatic rings. The minimum Gasteiger partial charge on any atom is -0.493 e. The first-order valence-corrected chi connectivity index (χ1v) is 5.73. The molecule has 1 saturated heterocycles. The van der Waals surface area contributed by atoms with Gasteiger partial charge in [0.05, 0.1) is 14.2 Å². The van der Waals surface area contributed by atoms with Crippen LogP contribution in [0, 0.1) is 0 Å². The molecule has 1 aromatic heterocycles. The Morgan fingerprint density at radius 3 is 2.71 bits per heavy atom. The van der Waals surface area contributed by atoms with Gasteiger partial charge in [0.2, 0.25) is 0 Å². The fraction of sp³-hybridized carbons (Fsp3) is 0.583. The first-order chi connectivity index (χ1) is 8.26. The molecule has 0 aromatic carbocycles. The van der Waals surface area contributed by atoms with E-state index >= 15 is 0 Å². The third-order valence-electron chi connectivity index (χ3n) is 3.15. The topological polar surface area (TPSA) is 46.6 Å². The molecule has 5 heteroatoms. The van der Waals surface area contributed by atoms with E-state index in [9.17, 15) is 0 Å². The molecular formula is C12H19N3O2. The van der Waals surface area contributed by atoms with E-state index in [1.165, 1.54) is 0 Å². The Balaban J connectivity index is 2.13. The van der Waals surface area contributed by atoms with Gasteiger partial charge in [-0.3, -0.25) is 9.88 Å². The standard InChI is InChI=1S/C12H19N3O2/c1-15(9-6-13-7-9)8-10-12(17-3)11(16-2)4-5-14-10/h4-5,9,13H,6-8H2,1-3H3. The molecule has 1 N–H and O–H groups in total. The van der Waals surface area contributed by atoms with Crippen LogP contribution in [0.4, 0.5) is 0 Å². The molecule has 0 amide bonds. The maximum Gasteiger partial charge on any atom is 0.183 e. The second kappa shape index (κ2) is 5.33. The fourth-order valence-electron chi connectivity index (χ4n) is 1.91. The van der Waals surface area contributed by atoms with Crippen molar-refractivity contribution < 1.29 is 9.47 Å². The number of hydrogen-bond acceptors (Lipinski definition) is 5. The molecule has 0 radical (unpaired) electrons. The van der Waals surface area contributed by atoms with Crippen molar-refractivity contribution >= 4 is 0 Å². The van der Waals surface area contributed by atoms with Crippen LogP contribution in [-0.4, -0.2) is 50.3 Å². The van der Waals surface area contributed by atoms with Crippen molar-refractivity contribution in [3.05, 3.63) is 18.0 Å². The van der Waals surface area contributed by atoms with Crippen LogP contribution in [-0.2, 0) is 6.54 Å². The average molecular weight is 237 g/mol. The zero-order valence-corrected chi connectivity index (χ0v) is 10.6. The summed E-state index contributed by atoms with van der Waals surface area (Å²) < 4.78 is 10.6. The van der Waals surface area contributed by atoms with Crippen LogP contribution < -0.4 is 14.8 Å². The van der Waals surface area contributed by atoms with Crippen molar-refractivity contribution in [2.24, 2.45) is 0 Å². The van der Waals surface area contributed by atoms with Gasteiger partial charge in [0.25, 0.3) is 0 Å². The number of ether oxygens (including phenoxy) is 2. The molecule has 94 valence electrons. The lowest BCUT2D eigenvalue weighted by Crippen LogP contribution is -2.55. The van der Waals surface area contributed by atoms with Crippen LogP contribution in [0.5, 0.6) is 11.5 Å². The predicted molar refractivity (Wildman–Crippen MR) is 65.5 cm³/mol. The van der Waals surface area contributed by atoms with Crippen LogP contribution in [0.2, 0.25) is 0 Å². The van der Waals surface area contributed by atoms with E-state index in [1.54, 1.807) is 20.4 Å². The number of nitrogens with zero attached hydrogens (tertiary/aromatic N) is 2. The number of hydrogen-bond donors (Lipinski definition) is 1.